The van der Waals surface area contributed by atoms with E-state index >= 15 is 0 Å². The minimum atomic E-state index is -0.901. The van der Waals surface area contributed by atoms with Gasteiger partial charge in [-0.3, -0.25) is 14.6 Å². The minimum Gasteiger partial charge on any atom is -0.316 e. The highest BCUT2D eigenvalue weighted by Gasteiger charge is 2.13. The van der Waals surface area contributed by atoms with Gasteiger partial charge in [0.1, 0.15) is 0 Å². The molecule has 0 bridgehead atoms. The molecule has 0 saturated carbocycles. The maximum absolute atomic E-state index is 11.6. The van der Waals surface area contributed by atoms with Gasteiger partial charge in [0, 0.05) is 6.20 Å². The zero-order valence-electron chi connectivity index (χ0n) is 10.8. The van der Waals surface area contributed by atoms with Crippen LogP contribution in [-0.2, 0) is 9.59 Å². The molecular formula is C14H11ClN4O2. The number of hydrogen-bond donors (Lipinski definition) is 2. The number of anilines is 1. The normalized spacial score (nSPS) is 10.3. The maximum Gasteiger partial charge on any atom is 0.329 e. The summed E-state index contributed by atoms with van der Waals surface area (Å²) < 4.78 is 0. The fraction of sp³-hybridized carbons (Fsp3) is 0. The van der Waals surface area contributed by atoms with Crippen LogP contribution in [0, 0.1) is 0 Å². The number of nitrogens with one attached hydrogen (secondary N) is 2. The largest absolute Gasteiger partial charge is 0.329 e. The number of carbonyl (C=O) groups is 2. The second-order valence-electron chi connectivity index (χ2n) is 3.89. The van der Waals surface area contributed by atoms with Gasteiger partial charge in [-0.25, -0.2) is 5.43 Å². The van der Waals surface area contributed by atoms with Crippen LogP contribution < -0.4 is 10.7 Å². The molecule has 0 aliphatic heterocycles. The van der Waals surface area contributed by atoms with Crippen LogP contribution in [-0.4, -0.2) is 23.0 Å². The van der Waals surface area contributed by atoms with Gasteiger partial charge in [-0.1, -0.05) is 29.8 Å². The Bertz CT molecular complexity index is 674. The molecule has 0 fully saturated rings. The fourth-order valence-electron chi connectivity index (χ4n) is 1.40. The second-order valence-corrected chi connectivity index (χ2v) is 4.29. The van der Waals surface area contributed by atoms with E-state index in [2.05, 4.69) is 20.8 Å². The Morgan fingerprint density at radius 1 is 1.10 bits per heavy atom. The number of benzene rings is 1. The Balaban J connectivity index is 1.90. The van der Waals surface area contributed by atoms with E-state index in [0.29, 0.717) is 16.4 Å². The summed E-state index contributed by atoms with van der Waals surface area (Å²) in [6.45, 7) is 0. The molecule has 2 amide bonds. The highest BCUT2D eigenvalue weighted by atomic mass is 35.5. The topological polar surface area (TPSA) is 83.5 Å². The van der Waals surface area contributed by atoms with Crippen molar-refractivity contribution in [3.63, 3.8) is 0 Å². The predicted octanol–water partition coefficient (Wildman–Crippen LogP) is 1.82. The van der Waals surface area contributed by atoms with Gasteiger partial charge in [0.15, 0.2) is 0 Å². The van der Waals surface area contributed by atoms with E-state index in [1.54, 1.807) is 48.7 Å². The van der Waals surface area contributed by atoms with Crippen molar-refractivity contribution in [2.75, 3.05) is 5.32 Å². The average molecular weight is 303 g/mol. The highest BCUT2D eigenvalue weighted by Crippen LogP contribution is 2.19. The fourth-order valence-corrected chi connectivity index (χ4v) is 1.58. The molecule has 2 N–H and O–H groups in total. The van der Waals surface area contributed by atoms with Crippen LogP contribution in [0.1, 0.15) is 5.69 Å². The van der Waals surface area contributed by atoms with Gasteiger partial charge in [-0.05, 0) is 24.3 Å². The van der Waals surface area contributed by atoms with Crippen LogP contribution in [0.4, 0.5) is 5.69 Å². The molecule has 0 aliphatic rings. The maximum atomic E-state index is 11.6. The summed E-state index contributed by atoms with van der Waals surface area (Å²) in [5.74, 6) is -1.76. The molecule has 0 unspecified atom stereocenters. The number of hydrazone groups is 1. The molecule has 0 aliphatic carbocycles. The van der Waals surface area contributed by atoms with Crippen LogP contribution >= 0.6 is 11.6 Å². The van der Waals surface area contributed by atoms with Gasteiger partial charge in [0.25, 0.3) is 0 Å². The van der Waals surface area contributed by atoms with E-state index in [9.17, 15) is 9.59 Å². The van der Waals surface area contributed by atoms with Gasteiger partial charge >= 0.3 is 11.8 Å². The predicted molar refractivity (Wildman–Crippen MR) is 80.1 cm³/mol. The third kappa shape index (κ3) is 4.39. The molecule has 2 rings (SSSR count). The molecule has 0 atom stereocenters. The first-order chi connectivity index (χ1) is 10.2. The summed E-state index contributed by atoms with van der Waals surface area (Å²) in [6.07, 6.45) is 2.92. The van der Waals surface area contributed by atoms with E-state index < -0.39 is 11.8 Å². The van der Waals surface area contributed by atoms with E-state index in [-0.39, 0.29) is 0 Å². The van der Waals surface area contributed by atoms with Gasteiger partial charge in [0.2, 0.25) is 0 Å². The number of pyridine rings is 1. The third-order valence-corrected chi connectivity index (χ3v) is 2.71. The van der Waals surface area contributed by atoms with Crippen molar-refractivity contribution in [2.45, 2.75) is 0 Å². The quantitative estimate of drug-likeness (QED) is 0.515. The average Bonchev–Trinajstić information content (AvgIpc) is 2.50. The Hall–Kier alpha value is -2.73. The number of amides is 2. The summed E-state index contributed by atoms with van der Waals surface area (Å²) in [7, 11) is 0. The SMILES string of the molecule is O=C(N/N=C/c1ccccn1)C(=O)Nc1ccccc1Cl. The lowest BCUT2D eigenvalue weighted by Crippen LogP contribution is -2.32. The monoisotopic (exact) mass is 302 g/mol. The highest BCUT2D eigenvalue weighted by molar-refractivity contribution is 6.41. The molecule has 21 heavy (non-hydrogen) atoms. The van der Waals surface area contributed by atoms with Gasteiger partial charge in [0.05, 0.1) is 22.6 Å². The van der Waals surface area contributed by atoms with E-state index in [0.717, 1.165) is 0 Å². The lowest BCUT2D eigenvalue weighted by Gasteiger charge is -2.05. The number of rotatable bonds is 3. The lowest BCUT2D eigenvalue weighted by atomic mass is 10.3. The molecule has 0 spiro atoms. The molecule has 1 aromatic heterocycles. The van der Waals surface area contributed by atoms with Crippen LogP contribution in [0.3, 0.4) is 0 Å². The lowest BCUT2D eigenvalue weighted by molar-refractivity contribution is -0.136. The Morgan fingerprint density at radius 3 is 2.57 bits per heavy atom. The number of para-hydroxylation sites is 1. The Labute approximate surface area is 125 Å². The Morgan fingerprint density at radius 2 is 1.86 bits per heavy atom. The standard InChI is InChI=1S/C14H11ClN4O2/c15-11-6-1-2-7-12(11)18-13(20)14(21)19-17-9-10-5-3-4-8-16-10/h1-9H,(H,18,20)(H,19,21)/b17-9+. The summed E-state index contributed by atoms with van der Waals surface area (Å²) in [6, 6.07) is 11.8. The first kappa shape index (κ1) is 14.7. The van der Waals surface area contributed by atoms with Crippen molar-refractivity contribution in [3.8, 4) is 0 Å². The van der Waals surface area contributed by atoms with Crippen molar-refractivity contribution in [3.05, 3.63) is 59.4 Å². The van der Waals surface area contributed by atoms with E-state index in [1.165, 1.54) is 6.21 Å². The molecule has 0 saturated heterocycles. The number of nitrogens with zero attached hydrogens (tertiary/aromatic N) is 2. The van der Waals surface area contributed by atoms with Gasteiger partial charge in [-0.2, -0.15) is 5.10 Å². The van der Waals surface area contributed by atoms with Crippen LogP contribution in [0.2, 0.25) is 5.02 Å². The summed E-state index contributed by atoms with van der Waals surface area (Å²) >= 11 is 5.87. The van der Waals surface area contributed by atoms with Crippen molar-refractivity contribution >= 4 is 35.3 Å². The van der Waals surface area contributed by atoms with Gasteiger partial charge in [-0.15, -0.1) is 0 Å². The minimum absolute atomic E-state index is 0.343. The van der Waals surface area contributed by atoms with Crippen molar-refractivity contribution in [1.82, 2.24) is 10.4 Å². The summed E-state index contributed by atoms with van der Waals surface area (Å²) in [4.78, 5) is 27.2. The molecule has 1 heterocycles. The van der Waals surface area contributed by atoms with Crippen LogP contribution in [0.5, 0.6) is 0 Å². The summed E-state index contributed by atoms with van der Waals surface area (Å²) in [5, 5.41) is 6.38. The smallest absolute Gasteiger partial charge is 0.316 e. The van der Waals surface area contributed by atoms with Gasteiger partial charge < -0.3 is 5.32 Å². The van der Waals surface area contributed by atoms with E-state index in [1.807, 2.05) is 0 Å². The van der Waals surface area contributed by atoms with Crippen LogP contribution in [0.15, 0.2) is 53.8 Å². The molecule has 106 valence electrons. The molecule has 1 aromatic carbocycles. The Kier molecular flexibility index (Phi) is 5.00. The molecule has 6 nitrogen and oxygen atoms in total. The number of aromatic nitrogens is 1. The zero-order chi connectivity index (χ0) is 15.1. The third-order valence-electron chi connectivity index (χ3n) is 2.38. The molecule has 0 radical (unpaired) electrons. The van der Waals surface area contributed by atoms with Crippen molar-refractivity contribution in [1.29, 1.82) is 0 Å². The van der Waals surface area contributed by atoms with Crippen molar-refractivity contribution < 1.29 is 9.59 Å². The molecule has 2 aromatic rings. The first-order valence-electron chi connectivity index (χ1n) is 5.97. The first-order valence-corrected chi connectivity index (χ1v) is 6.34. The van der Waals surface area contributed by atoms with Crippen molar-refractivity contribution in [2.24, 2.45) is 5.10 Å². The second kappa shape index (κ2) is 7.16. The zero-order valence-corrected chi connectivity index (χ0v) is 11.5. The van der Waals surface area contributed by atoms with Crippen LogP contribution in [0.25, 0.3) is 0 Å². The number of hydrogen-bond acceptors (Lipinski definition) is 4. The van der Waals surface area contributed by atoms with E-state index in [4.69, 9.17) is 11.6 Å². The summed E-state index contributed by atoms with van der Waals surface area (Å²) in [5.41, 5.74) is 3.02. The number of halogens is 1. The number of carbonyl (C=O) groups excluding carboxylic acids is 2. The molecular weight excluding hydrogens is 292 g/mol. The molecule has 7 heteroatoms.